The van der Waals surface area contributed by atoms with E-state index in [0.717, 1.165) is 48.8 Å². The van der Waals surface area contributed by atoms with Gasteiger partial charge < -0.3 is 0 Å². The minimum atomic E-state index is -0.210. The van der Waals surface area contributed by atoms with E-state index in [2.05, 4.69) is 20.0 Å². The number of hydrogen-bond donors (Lipinski definition) is 0. The van der Waals surface area contributed by atoms with E-state index in [-0.39, 0.29) is 5.82 Å². The Morgan fingerprint density at radius 2 is 2.12 bits per heavy atom. The zero-order valence-corrected chi connectivity index (χ0v) is 14.6. The molecule has 0 N–H and O–H groups in total. The van der Waals surface area contributed by atoms with Gasteiger partial charge in [-0.25, -0.2) is 14.1 Å². The number of hydrogen-bond acceptors (Lipinski definition) is 4. The highest BCUT2D eigenvalue weighted by atomic mass is 19.1. The van der Waals surface area contributed by atoms with Crippen molar-refractivity contribution in [1.29, 1.82) is 0 Å². The molecule has 0 aliphatic carbocycles. The van der Waals surface area contributed by atoms with Crippen LogP contribution in [0, 0.1) is 19.7 Å². The van der Waals surface area contributed by atoms with Crippen molar-refractivity contribution in [2.75, 3.05) is 6.54 Å². The van der Waals surface area contributed by atoms with E-state index in [4.69, 9.17) is 0 Å². The topological polar surface area (TPSA) is 46.8 Å². The Hall–Kier alpha value is -2.34. The first kappa shape index (κ1) is 16.1. The molecule has 1 fully saturated rings. The van der Waals surface area contributed by atoms with Gasteiger partial charge in [-0.05, 0) is 57.0 Å². The highest BCUT2D eigenvalue weighted by Crippen LogP contribution is 2.26. The second kappa shape index (κ2) is 6.52. The molecule has 5 nitrogen and oxygen atoms in total. The first-order valence-corrected chi connectivity index (χ1v) is 8.76. The molecule has 25 heavy (non-hydrogen) atoms. The van der Waals surface area contributed by atoms with Gasteiger partial charge in [-0.15, -0.1) is 0 Å². The van der Waals surface area contributed by atoms with Crippen LogP contribution in [0.3, 0.4) is 0 Å². The summed E-state index contributed by atoms with van der Waals surface area (Å²) in [6.07, 6.45) is 4.04. The first-order valence-electron chi connectivity index (χ1n) is 8.76. The second-order valence-electron chi connectivity index (χ2n) is 6.76. The molecule has 130 valence electrons. The molecule has 0 unspecified atom stereocenters. The van der Waals surface area contributed by atoms with E-state index in [1.807, 2.05) is 24.6 Å². The lowest BCUT2D eigenvalue weighted by atomic mass is 10.1. The average molecular weight is 339 g/mol. The van der Waals surface area contributed by atoms with Gasteiger partial charge >= 0.3 is 0 Å². The van der Waals surface area contributed by atoms with Gasteiger partial charge in [-0.1, -0.05) is 6.07 Å². The number of halogens is 1. The zero-order chi connectivity index (χ0) is 17.4. The fourth-order valence-corrected chi connectivity index (χ4v) is 3.79. The second-order valence-corrected chi connectivity index (χ2v) is 6.76. The number of aryl methyl sites for hydroxylation is 2. The van der Waals surface area contributed by atoms with E-state index in [9.17, 15) is 4.39 Å². The molecule has 4 rings (SSSR count). The summed E-state index contributed by atoms with van der Waals surface area (Å²) >= 11 is 0. The number of pyridine rings is 1. The summed E-state index contributed by atoms with van der Waals surface area (Å²) in [6.45, 7) is 6.59. The van der Waals surface area contributed by atoms with Crippen molar-refractivity contribution in [3.05, 3.63) is 53.5 Å². The zero-order valence-electron chi connectivity index (χ0n) is 14.6. The summed E-state index contributed by atoms with van der Waals surface area (Å²) in [5.41, 5.74) is 1.84. The van der Waals surface area contributed by atoms with Crippen molar-refractivity contribution >= 4 is 10.9 Å². The molecule has 6 heteroatoms. The molecule has 0 amide bonds. The van der Waals surface area contributed by atoms with Crippen molar-refractivity contribution < 1.29 is 4.39 Å². The summed E-state index contributed by atoms with van der Waals surface area (Å²) in [6, 6.07) is 7.41. The Bertz CT molecular complexity index is 904. The molecular formula is C19H22FN5. The molecule has 2 aromatic heterocycles. The van der Waals surface area contributed by atoms with Crippen molar-refractivity contribution in [3.63, 3.8) is 0 Å². The number of nitrogens with zero attached hydrogens (tertiary/aromatic N) is 5. The van der Waals surface area contributed by atoms with Crippen LogP contribution in [-0.2, 0) is 13.1 Å². The summed E-state index contributed by atoms with van der Waals surface area (Å²) < 4.78 is 16.0. The number of benzene rings is 1. The molecule has 0 bridgehead atoms. The lowest BCUT2D eigenvalue weighted by Gasteiger charge is -2.25. The molecular weight excluding hydrogens is 317 g/mol. The molecule has 3 heterocycles. The lowest BCUT2D eigenvalue weighted by molar-refractivity contribution is 0.218. The van der Waals surface area contributed by atoms with Gasteiger partial charge in [0.25, 0.3) is 0 Å². The molecule has 0 spiro atoms. The molecule has 1 atom stereocenters. The monoisotopic (exact) mass is 339 g/mol. The van der Waals surface area contributed by atoms with Crippen LogP contribution in [0.25, 0.3) is 10.9 Å². The Morgan fingerprint density at radius 1 is 1.24 bits per heavy atom. The van der Waals surface area contributed by atoms with Crippen molar-refractivity contribution in [3.8, 4) is 0 Å². The molecule has 0 saturated carbocycles. The average Bonchev–Trinajstić information content (AvgIpc) is 3.17. The largest absolute Gasteiger partial charge is 0.294 e. The summed E-state index contributed by atoms with van der Waals surface area (Å²) in [7, 11) is 0. The van der Waals surface area contributed by atoms with E-state index in [1.165, 1.54) is 6.42 Å². The van der Waals surface area contributed by atoms with Crippen molar-refractivity contribution in [2.45, 2.75) is 45.8 Å². The maximum Gasteiger partial charge on any atom is 0.147 e. The molecule has 3 aromatic rings. The quantitative estimate of drug-likeness (QED) is 0.732. The van der Waals surface area contributed by atoms with Crippen LogP contribution >= 0.6 is 0 Å². The van der Waals surface area contributed by atoms with E-state index in [1.54, 1.807) is 24.4 Å². The molecule has 1 saturated heterocycles. The number of rotatable bonds is 4. The van der Waals surface area contributed by atoms with E-state index < -0.39 is 0 Å². The molecule has 1 aliphatic heterocycles. The molecule has 0 radical (unpaired) electrons. The Kier molecular flexibility index (Phi) is 4.21. The standard InChI is InChI=1S/C19H22FN5/c1-13-22-14(2)25(23-13)12-16-5-4-10-24(16)11-15-7-8-18(20)17-6-3-9-21-19(15)17/h3,6-9,16H,4-5,10-12H2,1-2H3/t16-/m1/s1. The van der Waals surface area contributed by atoms with Crippen LogP contribution in [0.5, 0.6) is 0 Å². The molecule has 1 aliphatic rings. The van der Waals surface area contributed by atoms with Gasteiger partial charge in [-0.3, -0.25) is 9.88 Å². The third kappa shape index (κ3) is 3.14. The van der Waals surface area contributed by atoms with Crippen molar-refractivity contribution in [2.24, 2.45) is 0 Å². The fraction of sp³-hybridized carbons (Fsp3) is 0.421. The predicted octanol–water partition coefficient (Wildman–Crippen LogP) is 3.25. The van der Waals surface area contributed by atoms with Crippen LogP contribution in [0.15, 0.2) is 30.5 Å². The number of aromatic nitrogens is 4. The smallest absolute Gasteiger partial charge is 0.147 e. The first-order chi connectivity index (χ1) is 12.1. The number of likely N-dealkylation sites (tertiary alicyclic amines) is 1. The highest BCUT2D eigenvalue weighted by molar-refractivity contribution is 5.82. The Morgan fingerprint density at radius 3 is 2.92 bits per heavy atom. The van der Waals surface area contributed by atoms with E-state index in [0.29, 0.717) is 11.4 Å². The predicted molar refractivity (Wildman–Crippen MR) is 94.6 cm³/mol. The summed E-state index contributed by atoms with van der Waals surface area (Å²) in [5, 5.41) is 5.09. The van der Waals surface area contributed by atoms with Gasteiger partial charge in [-0.2, -0.15) is 5.10 Å². The van der Waals surface area contributed by atoms with Gasteiger partial charge in [0.05, 0.1) is 12.1 Å². The minimum Gasteiger partial charge on any atom is -0.294 e. The maximum atomic E-state index is 14.0. The Labute approximate surface area is 146 Å². The normalized spacial score (nSPS) is 18.3. The minimum absolute atomic E-state index is 0.210. The summed E-state index contributed by atoms with van der Waals surface area (Å²) in [5.74, 6) is 1.56. The van der Waals surface area contributed by atoms with Crippen LogP contribution in [-0.4, -0.2) is 37.2 Å². The highest BCUT2D eigenvalue weighted by Gasteiger charge is 2.26. The fourth-order valence-electron chi connectivity index (χ4n) is 3.79. The van der Waals surface area contributed by atoms with E-state index >= 15 is 0 Å². The van der Waals surface area contributed by atoms with Crippen LogP contribution in [0.4, 0.5) is 4.39 Å². The van der Waals surface area contributed by atoms with Crippen molar-refractivity contribution in [1.82, 2.24) is 24.6 Å². The van der Waals surface area contributed by atoms with Gasteiger partial charge in [0.2, 0.25) is 0 Å². The van der Waals surface area contributed by atoms with Crippen LogP contribution in [0.2, 0.25) is 0 Å². The SMILES string of the molecule is Cc1nc(C)n(C[C@H]2CCCN2Cc2ccc(F)c3cccnc23)n1. The maximum absolute atomic E-state index is 14.0. The summed E-state index contributed by atoms with van der Waals surface area (Å²) in [4.78, 5) is 11.3. The molecule has 1 aromatic carbocycles. The third-order valence-electron chi connectivity index (χ3n) is 5.02. The van der Waals surface area contributed by atoms with Crippen LogP contribution < -0.4 is 0 Å². The third-order valence-corrected chi connectivity index (χ3v) is 5.02. The van der Waals surface area contributed by atoms with Gasteiger partial charge in [0, 0.05) is 24.2 Å². The Balaban J connectivity index is 1.58. The van der Waals surface area contributed by atoms with Gasteiger partial charge in [0.1, 0.15) is 17.5 Å². The number of fused-ring (bicyclic) bond motifs is 1. The van der Waals surface area contributed by atoms with Crippen LogP contribution in [0.1, 0.15) is 30.1 Å². The van der Waals surface area contributed by atoms with Gasteiger partial charge in [0.15, 0.2) is 0 Å². The lowest BCUT2D eigenvalue weighted by Crippen LogP contribution is -2.33.